The zero-order valence-corrected chi connectivity index (χ0v) is 19.9. The van der Waals surface area contributed by atoms with E-state index in [2.05, 4.69) is 32.2 Å². The predicted molar refractivity (Wildman–Crippen MR) is 139 cm³/mol. The zero-order chi connectivity index (χ0) is 24.0. The van der Waals surface area contributed by atoms with Gasteiger partial charge in [0.15, 0.2) is 0 Å². The third-order valence-electron chi connectivity index (χ3n) is 6.41. The summed E-state index contributed by atoms with van der Waals surface area (Å²) in [5.41, 5.74) is 4.08. The van der Waals surface area contributed by atoms with Crippen molar-refractivity contribution in [2.24, 2.45) is 0 Å². The van der Waals surface area contributed by atoms with Gasteiger partial charge in [-0.1, -0.05) is 24.3 Å². The van der Waals surface area contributed by atoms with E-state index in [1.54, 1.807) is 13.3 Å². The second kappa shape index (κ2) is 10.5. The number of fused-ring (bicyclic) bond motifs is 1. The van der Waals surface area contributed by atoms with E-state index >= 15 is 0 Å². The van der Waals surface area contributed by atoms with Gasteiger partial charge in [-0.2, -0.15) is 0 Å². The molecule has 0 bridgehead atoms. The quantitative estimate of drug-likeness (QED) is 0.445. The normalized spacial score (nSPS) is 14.1. The van der Waals surface area contributed by atoms with Crippen LogP contribution in [0.3, 0.4) is 0 Å². The summed E-state index contributed by atoms with van der Waals surface area (Å²) in [5, 5.41) is 3.96. The highest BCUT2D eigenvalue weighted by molar-refractivity contribution is 6.07. The Bertz CT molecular complexity index is 1290. The van der Waals surface area contributed by atoms with Crippen molar-refractivity contribution in [1.82, 2.24) is 20.2 Å². The van der Waals surface area contributed by atoms with Crippen molar-refractivity contribution in [2.45, 2.75) is 0 Å². The minimum Gasteiger partial charge on any atom is -0.497 e. The van der Waals surface area contributed by atoms with Gasteiger partial charge in [0.25, 0.3) is 5.91 Å². The first kappa shape index (κ1) is 22.8. The molecule has 35 heavy (non-hydrogen) atoms. The van der Waals surface area contributed by atoms with E-state index in [0.29, 0.717) is 17.8 Å². The molecule has 1 fully saturated rings. The minimum absolute atomic E-state index is 0.0855. The predicted octanol–water partition coefficient (Wildman–Crippen LogP) is 3.86. The molecule has 0 saturated carbocycles. The Morgan fingerprint density at radius 3 is 2.46 bits per heavy atom. The molecule has 4 aromatic rings. The molecule has 1 N–H and O–H groups in total. The highest BCUT2D eigenvalue weighted by atomic mass is 16.5. The molecule has 1 saturated heterocycles. The molecule has 0 spiro atoms. The van der Waals surface area contributed by atoms with Crippen LogP contribution in [0.2, 0.25) is 0 Å². The molecule has 2 aromatic heterocycles. The highest BCUT2D eigenvalue weighted by Crippen LogP contribution is 2.24. The average molecular weight is 468 g/mol. The summed E-state index contributed by atoms with van der Waals surface area (Å²) in [6.45, 7) is 5.26. The van der Waals surface area contributed by atoms with E-state index in [1.165, 1.54) is 5.69 Å². The fourth-order valence-corrected chi connectivity index (χ4v) is 4.45. The molecule has 7 heteroatoms. The number of methoxy groups -OCH3 is 1. The maximum Gasteiger partial charge on any atom is 0.252 e. The molecule has 0 unspecified atom stereocenters. The second-order valence-corrected chi connectivity index (χ2v) is 8.57. The summed E-state index contributed by atoms with van der Waals surface area (Å²) < 4.78 is 5.25. The van der Waals surface area contributed by atoms with E-state index in [4.69, 9.17) is 9.72 Å². The monoisotopic (exact) mass is 467 g/mol. The number of anilines is 1. The Hall–Kier alpha value is -3.97. The summed E-state index contributed by atoms with van der Waals surface area (Å²) in [6.07, 6.45) is 1.74. The molecule has 7 nitrogen and oxygen atoms in total. The number of pyridine rings is 2. The lowest BCUT2D eigenvalue weighted by atomic mass is 10.1. The number of ether oxygens (including phenoxy) is 1. The summed E-state index contributed by atoms with van der Waals surface area (Å²) >= 11 is 0. The first-order valence-electron chi connectivity index (χ1n) is 11.9. The van der Waals surface area contributed by atoms with Crippen molar-refractivity contribution < 1.29 is 9.53 Å². The molecule has 0 aliphatic carbocycles. The minimum atomic E-state index is -0.0855. The van der Waals surface area contributed by atoms with Crippen molar-refractivity contribution >= 4 is 22.5 Å². The number of piperazine rings is 1. The van der Waals surface area contributed by atoms with Crippen LogP contribution in [0, 0.1) is 0 Å². The molecule has 1 amide bonds. The number of nitrogens with zero attached hydrogens (tertiary/aromatic N) is 4. The van der Waals surface area contributed by atoms with Gasteiger partial charge < -0.3 is 15.0 Å². The average Bonchev–Trinajstić information content (AvgIpc) is 2.93. The third-order valence-corrected chi connectivity index (χ3v) is 6.41. The highest BCUT2D eigenvalue weighted by Gasteiger charge is 2.18. The molecule has 0 radical (unpaired) electrons. The molecule has 1 aliphatic heterocycles. The van der Waals surface area contributed by atoms with Crippen LogP contribution in [0.1, 0.15) is 10.4 Å². The lowest BCUT2D eigenvalue weighted by Gasteiger charge is -2.36. The first-order chi connectivity index (χ1) is 17.2. The summed E-state index contributed by atoms with van der Waals surface area (Å²) in [7, 11) is 1.68. The van der Waals surface area contributed by atoms with E-state index in [0.717, 1.165) is 55.1 Å². The van der Waals surface area contributed by atoms with Gasteiger partial charge in [-0.3, -0.25) is 14.7 Å². The standard InChI is InChI=1S/C28H29N5O2/c1-35-22-11-9-21(10-12-22)33-18-16-32(17-19-33)15-14-30-28(34)24-20-27(26-8-4-5-13-29-26)31-25-7-3-2-6-23(24)25/h2-13,20H,14-19H2,1H3,(H,30,34). The second-order valence-electron chi connectivity index (χ2n) is 8.57. The summed E-state index contributed by atoms with van der Waals surface area (Å²) in [6, 6.07) is 23.5. The Morgan fingerprint density at radius 1 is 0.943 bits per heavy atom. The molecule has 178 valence electrons. The molecule has 1 aliphatic rings. The van der Waals surface area contributed by atoms with Crippen LogP contribution in [-0.2, 0) is 0 Å². The van der Waals surface area contributed by atoms with Crippen LogP contribution in [-0.4, -0.2) is 67.2 Å². The zero-order valence-electron chi connectivity index (χ0n) is 19.9. The van der Waals surface area contributed by atoms with Crippen molar-refractivity contribution in [3.05, 3.63) is 84.6 Å². The van der Waals surface area contributed by atoms with Crippen molar-refractivity contribution in [2.75, 3.05) is 51.3 Å². The van der Waals surface area contributed by atoms with Crippen LogP contribution in [0.15, 0.2) is 79.0 Å². The number of para-hydroxylation sites is 1. The van der Waals surface area contributed by atoms with Gasteiger partial charge in [0.05, 0.1) is 29.6 Å². The smallest absolute Gasteiger partial charge is 0.252 e. The number of hydrogen-bond acceptors (Lipinski definition) is 6. The fraction of sp³-hybridized carbons (Fsp3) is 0.250. The molecular weight excluding hydrogens is 438 g/mol. The number of carbonyl (C=O) groups excluding carboxylic acids is 1. The maximum atomic E-state index is 13.2. The van der Waals surface area contributed by atoms with Gasteiger partial charge in [-0.15, -0.1) is 0 Å². The maximum absolute atomic E-state index is 13.2. The molecule has 0 atom stereocenters. The topological polar surface area (TPSA) is 70.6 Å². The number of amides is 1. The van der Waals surface area contributed by atoms with E-state index in [9.17, 15) is 4.79 Å². The van der Waals surface area contributed by atoms with E-state index in [-0.39, 0.29) is 5.91 Å². The third kappa shape index (κ3) is 5.25. The lowest BCUT2D eigenvalue weighted by Crippen LogP contribution is -2.48. The number of carbonyl (C=O) groups is 1. The molecular formula is C28H29N5O2. The van der Waals surface area contributed by atoms with Gasteiger partial charge in [-0.05, 0) is 48.5 Å². The van der Waals surface area contributed by atoms with Gasteiger partial charge in [0.1, 0.15) is 5.75 Å². The van der Waals surface area contributed by atoms with Gasteiger partial charge in [-0.25, -0.2) is 4.98 Å². The number of nitrogens with one attached hydrogen (secondary N) is 1. The summed E-state index contributed by atoms with van der Waals surface area (Å²) in [5.74, 6) is 0.787. The van der Waals surface area contributed by atoms with Crippen LogP contribution < -0.4 is 15.0 Å². The first-order valence-corrected chi connectivity index (χ1v) is 11.9. The van der Waals surface area contributed by atoms with Gasteiger partial charge in [0, 0.05) is 56.5 Å². The largest absolute Gasteiger partial charge is 0.497 e. The number of benzene rings is 2. The molecule has 5 rings (SSSR count). The lowest BCUT2D eigenvalue weighted by molar-refractivity contribution is 0.0949. The van der Waals surface area contributed by atoms with E-state index in [1.807, 2.05) is 60.7 Å². The Balaban J connectivity index is 1.20. The fourth-order valence-electron chi connectivity index (χ4n) is 4.45. The Morgan fingerprint density at radius 2 is 1.71 bits per heavy atom. The number of rotatable bonds is 7. The number of aromatic nitrogens is 2. The summed E-state index contributed by atoms with van der Waals surface area (Å²) in [4.78, 5) is 27.1. The van der Waals surface area contributed by atoms with Crippen LogP contribution in [0.5, 0.6) is 5.75 Å². The number of hydrogen-bond donors (Lipinski definition) is 1. The SMILES string of the molecule is COc1ccc(N2CCN(CCNC(=O)c3cc(-c4ccccn4)nc4ccccc34)CC2)cc1. The van der Waals surface area contributed by atoms with E-state index < -0.39 is 0 Å². The Kier molecular flexibility index (Phi) is 6.86. The van der Waals surface area contributed by atoms with Crippen LogP contribution in [0.4, 0.5) is 5.69 Å². The van der Waals surface area contributed by atoms with Crippen molar-refractivity contribution in [3.8, 4) is 17.1 Å². The molecule has 3 heterocycles. The Labute approximate surface area is 205 Å². The van der Waals surface area contributed by atoms with Gasteiger partial charge in [0.2, 0.25) is 0 Å². The van der Waals surface area contributed by atoms with Crippen LogP contribution >= 0.6 is 0 Å². The van der Waals surface area contributed by atoms with Gasteiger partial charge >= 0.3 is 0 Å². The molecule has 2 aromatic carbocycles. The van der Waals surface area contributed by atoms with Crippen molar-refractivity contribution in [1.29, 1.82) is 0 Å². The van der Waals surface area contributed by atoms with Crippen LogP contribution in [0.25, 0.3) is 22.3 Å². The van der Waals surface area contributed by atoms with Crippen molar-refractivity contribution in [3.63, 3.8) is 0 Å².